The van der Waals surface area contributed by atoms with Crippen molar-refractivity contribution in [2.45, 2.75) is 32.4 Å². The highest BCUT2D eigenvalue weighted by Gasteiger charge is 2.25. The third-order valence-corrected chi connectivity index (χ3v) is 2.94. The van der Waals surface area contributed by atoms with Crippen LogP contribution in [-0.4, -0.2) is 28.9 Å². The molecule has 14 heavy (non-hydrogen) atoms. The van der Waals surface area contributed by atoms with Crippen LogP contribution in [0.2, 0.25) is 0 Å². The van der Waals surface area contributed by atoms with Crippen LogP contribution in [0.25, 0.3) is 0 Å². The fraction of sp³-hybridized carbons (Fsp3) is 0.700. The molecule has 4 heteroatoms. The molecular weight excluding hydrogens is 176 g/mol. The molecule has 1 saturated heterocycles. The summed E-state index contributed by atoms with van der Waals surface area (Å²) < 4.78 is 2.04. The molecular formula is C10H18N4. The van der Waals surface area contributed by atoms with Crippen LogP contribution in [0.15, 0.2) is 12.3 Å². The molecule has 1 unspecified atom stereocenters. The number of anilines is 1. The van der Waals surface area contributed by atoms with E-state index in [9.17, 15) is 0 Å². The van der Waals surface area contributed by atoms with Gasteiger partial charge in [0.05, 0.1) is 6.20 Å². The number of hydrogen-bond acceptors (Lipinski definition) is 3. The quantitative estimate of drug-likeness (QED) is 0.775. The minimum Gasteiger partial charge on any atom is -0.353 e. The van der Waals surface area contributed by atoms with E-state index in [1.807, 2.05) is 10.9 Å². The summed E-state index contributed by atoms with van der Waals surface area (Å²) in [4.78, 5) is 2.39. The van der Waals surface area contributed by atoms with E-state index in [1.165, 1.54) is 18.7 Å². The van der Waals surface area contributed by atoms with Gasteiger partial charge in [-0.2, -0.15) is 5.10 Å². The van der Waals surface area contributed by atoms with E-state index in [4.69, 9.17) is 5.73 Å². The summed E-state index contributed by atoms with van der Waals surface area (Å²) in [6.45, 7) is 4.91. The Hall–Kier alpha value is -1.03. The molecule has 0 saturated carbocycles. The molecule has 1 aliphatic rings. The summed E-state index contributed by atoms with van der Waals surface area (Å²) in [5.74, 6) is 1.22. The third kappa shape index (κ3) is 1.50. The van der Waals surface area contributed by atoms with Crippen LogP contribution in [0, 0.1) is 0 Å². The van der Waals surface area contributed by atoms with Gasteiger partial charge < -0.3 is 10.6 Å². The van der Waals surface area contributed by atoms with Gasteiger partial charge in [0.1, 0.15) is 5.82 Å². The zero-order valence-electron chi connectivity index (χ0n) is 8.69. The maximum atomic E-state index is 5.75. The SMILES string of the molecule is CCn1nccc1N1CCCC1CN. The Morgan fingerprint density at radius 3 is 3.21 bits per heavy atom. The molecule has 0 amide bonds. The molecule has 1 atom stereocenters. The molecule has 1 fully saturated rings. The van der Waals surface area contributed by atoms with Crippen LogP contribution in [0.1, 0.15) is 19.8 Å². The Kier molecular flexibility index (Phi) is 2.72. The predicted octanol–water partition coefficient (Wildman–Crippen LogP) is 0.831. The summed E-state index contributed by atoms with van der Waals surface area (Å²) in [6.07, 6.45) is 4.33. The van der Waals surface area contributed by atoms with Crippen molar-refractivity contribution >= 4 is 5.82 Å². The summed E-state index contributed by atoms with van der Waals surface area (Å²) in [7, 11) is 0. The van der Waals surface area contributed by atoms with Gasteiger partial charge in [0.2, 0.25) is 0 Å². The average Bonchev–Trinajstić information content (AvgIpc) is 2.85. The molecule has 0 radical (unpaired) electrons. The van der Waals surface area contributed by atoms with Crippen molar-refractivity contribution in [3.63, 3.8) is 0 Å². The average molecular weight is 194 g/mol. The first kappa shape index (κ1) is 9.52. The fourth-order valence-electron chi connectivity index (χ4n) is 2.20. The molecule has 0 aromatic carbocycles. The number of nitrogens with zero attached hydrogens (tertiary/aromatic N) is 3. The highest BCUT2D eigenvalue weighted by atomic mass is 15.4. The van der Waals surface area contributed by atoms with Crippen LogP contribution in [0.4, 0.5) is 5.82 Å². The second-order valence-corrected chi connectivity index (χ2v) is 3.73. The normalized spacial score (nSPS) is 21.9. The number of nitrogens with two attached hydrogens (primary N) is 1. The first-order valence-corrected chi connectivity index (χ1v) is 5.35. The first-order chi connectivity index (χ1) is 6.86. The van der Waals surface area contributed by atoms with Crippen LogP contribution in [0.5, 0.6) is 0 Å². The lowest BCUT2D eigenvalue weighted by atomic mass is 10.2. The standard InChI is InChI=1S/C10H18N4/c1-2-14-10(5-6-12-14)13-7-3-4-9(13)8-11/h5-6,9H,2-4,7-8,11H2,1H3. The molecule has 1 aliphatic heterocycles. The van der Waals surface area contributed by atoms with Gasteiger partial charge in [0, 0.05) is 31.7 Å². The van der Waals surface area contributed by atoms with Crippen LogP contribution in [0.3, 0.4) is 0 Å². The predicted molar refractivity (Wildman–Crippen MR) is 57.3 cm³/mol. The second kappa shape index (κ2) is 4.00. The second-order valence-electron chi connectivity index (χ2n) is 3.73. The van der Waals surface area contributed by atoms with E-state index in [0.717, 1.165) is 19.6 Å². The Balaban J connectivity index is 2.21. The topological polar surface area (TPSA) is 47.1 Å². The highest BCUT2D eigenvalue weighted by molar-refractivity contribution is 5.41. The molecule has 0 aliphatic carbocycles. The van der Waals surface area contributed by atoms with Gasteiger partial charge in [-0.05, 0) is 19.8 Å². The molecule has 2 N–H and O–H groups in total. The number of hydrogen-bond donors (Lipinski definition) is 1. The zero-order chi connectivity index (χ0) is 9.97. The van der Waals surface area contributed by atoms with Crippen molar-refractivity contribution in [1.82, 2.24) is 9.78 Å². The molecule has 4 nitrogen and oxygen atoms in total. The Morgan fingerprint density at radius 1 is 1.64 bits per heavy atom. The van der Waals surface area contributed by atoms with Gasteiger partial charge in [-0.3, -0.25) is 4.68 Å². The summed E-state index contributed by atoms with van der Waals surface area (Å²) in [5.41, 5.74) is 5.75. The Labute approximate surface area is 84.7 Å². The summed E-state index contributed by atoms with van der Waals surface area (Å²) >= 11 is 0. The number of aryl methyl sites for hydroxylation is 1. The lowest BCUT2D eigenvalue weighted by Gasteiger charge is -2.25. The van der Waals surface area contributed by atoms with Gasteiger partial charge in [-0.15, -0.1) is 0 Å². The highest BCUT2D eigenvalue weighted by Crippen LogP contribution is 2.24. The van der Waals surface area contributed by atoms with Gasteiger partial charge in [-0.25, -0.2) is 0 Å². The third-order valence-electron chi connectivity index (χ3n) is 2.94. The lowest BCUT2D eigenvalue weighted by molar-refractivity contribution is 0.611. The van der Waals surface area contributed by atoms with Crippen molar-refractivity contribution in [3.8, 4) is 0 Å². The van der Waals surface area contributed by atoms with Gasteiger partial charge in [0.15, 0.2) is 0 Å². The Bertz CT molecular complexity index is 294. The fourth-order valence-corrected chi connectivity index (χ4v) is 2.20. The van der Waals surface area contributed by atoms with Gasteiger partial charge in [0.25, 0.3) is 0 Å². The summed E-state index contributed by atoms with van der Waals surface area (Å²) in [5, 5.41) is 4.28. The van der Waals surface area contributed by atoms with Crippen molar-refractivity contribution in [3.05, 3.63) is 12.3 Å². The van der Waals surface area contributed by atoms with E-state index in [0.29, 0.717) is 6.04 Å². The zero-order valence-corrected chi connectivity index (χ0v) is 8.69. The van der Waals surface area contributed by atoms with Crippen molar-refractivity contribution < 1.29 is 0 Å². The minimum atomic E-state index is 0.511. The van der Waals surface area contributed by atoms with E-state index < -0.39 is 0 Å². The van der Waals surface area contributed by atoms with E-state index >= 15 is 0 Å². The Morgan fingerprint density at radius 2 is 2.50 bits per heavy atom. The van der Waals surface area contributed by atoms with Gasteiger partial charge in [-0.1, -0.05) is 0 Å². The molecule has 1 aromatic rings. The smallest absolute Gasteiger partial charge is 0.127 e. The molecule has 78 valence electrons. The molecule has 0 bridgehead atoms. The van der Waals surface area contributed by atoms with E-state index in [2.05, 4.69) is 23.0 Å². The van der Waals surface area contributed by atoms with Crippen LogP contribution < -0.4 is 10.6 Å². The first-order valence-electron chi connectivity index (χ1n) is 5.35. The monoisotopic (exact) mass is 194 g/mol. The molecule has 0 spiro atoms. The maximum Gasteiger partial charge on any atom is 0.127 e. The van der Waals surface area contributed by atoms with Crippen molar-refractivity contribution in [1.29, 1.82) is 0 Å². The van der Waals surface area contributed by atoms with Crippen molar-refractivity contribution in [2.75, 3.05) is 18.0 Å². The van der Waals surface area contributed by atoms with E-state index in [1.54, 1.807) is 0 Å². The maximum absolute atomic E-state index is 5.75. The molecule has 2 rings (SSSR count). The number of aromatic nitrogens is 2. The largest absolute Gasteiger partial charge is 0.353 e. The van der Waals surface area contributed by atoms with Crippen LogP contribution >= 0.6 is 0 Å². The van der Waals surface area contributed by atoms with Crippen molar-refractivity contribution in [2.24, 2.45) is 5.73 Å². The minimum absolute atomic E-state index is 0.511. The van der Waals surface area contributed by atoms with Crippen LogP contribution in [-0.2, 0) is 6.54 Å². The lowest BCUT2D eigenvalue weighted by Crippen LogP contribution is -2.36. The molecule has 2 heterocycles. The summed E-state index contributed by atoms with van der Waals surface area (Å²) in [6, 6.07) is 2.59. The number of rotatable bonds is 3. The molecule has 1 aromatic heterocycles. The van der Waals surface area contributed by atoms with Gasteiger partial charge >= 0.3 is 0 Å². The van der Waals surface area contributed by atoms with E-state index in [-0.39, 0.29) is 0 Å².